The van der Waals surface area contributed by atoms with Crippen LogP contribution in [0.25, 0.3) is 0 Å². The van der Waals surface area contributed by atoms with Crippen LogP contribution in [0.5, 0.6) is 0 Å². The number of aliphatic hydroxyl groups excluding tert-OH is 1. The minimum atomic E-state index is -0.940. The molecule has 1 N–H and O–H groups in total. The molecule has 0 spiro atoms. The van der Waals surface area contributed by atoms with Gasteiger partial charge in [-0.15, -0.1) is 0 Å². The van der Waals surface area contributed by atoms with Crippen molar-refractivity contribution in [3.05, 3.63) is 68.4 Å². The molecule has 4 heteroatoms. The summed E-state index contributed by atoms with van der Waals surface area (Å²) in [7, 11) is 0. The van der Waals surface area contributed by atoms with Crippen molar-refractivity contribution in [2.24, 2.45) is 0 Å². The molecule has 2 rings (SSSR count). The van der Waals surface area contributed by atoms with Gasteiger partial charge in [-0.2, -0.15) is 0 Å². The monoisotopic (exact) mass is 328 g/mol. The summed E-state index contributed by atoms with van der Waals surface area (Å²) >= 11 is 9.36. The van der Waals surface area contributed by atoms with Gasteiger partial charge in [0.2, 0.25) is 0 Å². The van der Waals surface area contributed by atoms with Crippen molar-refractivity contribution in [2.45, 2.75) is 13.0 Å². The van der Waals surface area contributed by atoms with E-state index in [1.165, 1.54) is 6.07 Å². The number of hydrogen-bond donors (Lipinski definition) is 1. The molecule has 1 nitrogen and oxygen atoms in total. The van der Waals surface area contributed by atoms with Gasteiger partial charge in [0.25, 0.3) is 0 Å². The number of aryl methyl sites for hydroxylation is 1. The number of aliphatic hydroxyl groups is 1. The summed E-state index contributed by atoms with van der Waals surface area (Å²) in [4.78, 5) is 0. The third-order valence-electron chi connectivity index (χ3n) is 2.76. The summed E-state index contributed by atoms with van der Waals surface area (Å²) in [6.45, 7) is 1.68. The maximum atomic E-state index is 13.5. The lowest BCUT2D eigenvalue weighted by molar-refractivity contribution is 0.220. The Morgan fingerprint density at radius 2 is 1.94 bits per heavy atom. The molecular weight excluding hydrogens is 319 g/mol. The molecule has 0 aliphatic rings. The van der Waals surface area contributed by atoms with Gasteiger partial charge in [-0.3, -0.25) is 0 Å². The van der Waals surface area contributed by atoms with Crippen molar-refractivity contribution >= 4 is 27.5 Å². The smallest absolute Gasteiger partial charge is 0.126 e. The van der Waals surface area contributed by atoms with Gasteiger partial charge < -0.3 is 5.11 Å². The molecular formula is C14H11BrClFO. The molecule has 0 aliphatic carbocycles. The lowest BCUT2D eigenvalue weighted by Crippen LogP contribution is -2.01. The summed E-state index contributed by atoms with van der Waals surface area (Å²) in [5, 5.41) is 10.7. The molecule has 2 aromatic carbocycles. The van der Waals surface area contributed by atoms with E-state index in [0.29, 0.717) is 21.7 Å². The van der Waals surface area contributed by atoms with Crippen LogP contribution in [0.15, 0.2) is 40.9 Å². The topological polar surface area (TPSA) is 20.2 Å². The average Bonchev–Trinajstić information content (AvgIpc) is 2.35. The van der Waals surface area contributed by atoms with Gasteiger partial charge in [0, 0.05) is 15.1 Å². The van der Waals surface area contributed by atoms with Crippen LogP contribution in [0.2, 0.25) is 5.02 Å². The Morgan fingerprint density at radius 3 is 2.61 bits per heavy atom. The second-order valence-electron chi connectivity index (χ2n) is 4.08. The fourth-order valence-electron chi connectivity index (χ4n) is 1.68. The summed E-state index contributed by atoms with van der Waals surface area (Å²) in [5.74, 6) is -0.335. The van der Waals surface area contributed by atoms with E-state index in [4.69, 9.17) is 11.6 Å². The van der Waals surface area contributed by atoms with E-state index in [0.717, 1.165) is 4.47 Å². The molecule has 94 valence electrons. The van der Waals surface area contributed by atoms with Gasteiger partial charge in [-0.05, 0) is 42.3 Å². The Balaban J connectivity index is 2.44. The van der Waals surface area contributed by atoms with Gasteiger partial charge >= 0.3 is 0 Å². The highest BCUT2D eigenvalue weighted by Gasteiger charge is 2.15. The molecule has 0 aromatic heterocycles. The van der Waals surface area contributed by atoms with Crippen molar-refractivity contribution in [3.63, 3.8) is 0 Å². The minimum absolute atomic E-state index is 0.335. The Bertz CT molecular complexity index is 586. The van der Waals surface area contributed by atoms with E-state index in [2.05, 4.69) is 15.9 Å². The highest BCUT2D eigenvalue weighted by Crippen LogP contribution is 2.31. The van der Waals surface area contributed by atoms with Gasteiger partial charge in [-0.1, -0.05) is 39.7 Å². The number of hydrogen-bond acceptors (Lipinski definition) is 1. The first kappa shape index (κ1) is 13.5. The van der Waals surface area contributed by atoms with Gasteiger partial charge in [0.1, 0.15) is 11.9 Å². The molecule has 1 atom stereocenters. The predicted molar refractivity (Wildman–Crippen MR) is 74.4 cm³/mol. The molecule has 0 fully saturated rings. The van der Waals surface area contributed by atoms with Gasteiger partial charge in [-0.25, -0.2) is 4.39 Å². The van der Waals surface area contributed by atoms with E-state index in [-0.39, 0.29) is 5.82 Å². The van der Waals surface area contributed by atoms with Crippen molar-refractivity contribution in [2.75, 3.05) is 0 Å². The van der Waals surface area contributed by atoms with Crippen molar-refractivity contribution in [1.82, 2.24) is 0 Å². The Hall–Kier alpha value is -0.900. The Kier molecular flexibility index (Phi) is 4.05. The van der Waals surface area contributed by atoms with Crippen LogP contribution >= 0.6 is 27.5 Å². The van der Waals surface area contributed by atoms with E-state index >= 15 is 0 Å². The Labute approximate surface area is 118 Å². The largest absolute Gasteiger partial charge is 0.384 e. The maximum absolute atomic E-state index is 13.5. The lowest BCUT2D eigenvalue weighted by Gasteiger charge is -2.14. The predicted octanol–water partition coefficient (Wildman–Crippen LogP) is 4.63. The summed E-state index contributed by atoms with van der Waals surface area (Å²) < 4.78 is 14.3. The molecule has 0 saturated heterocycles. The average molecular weight is 330 g/mol. The zero-order valence-corrected chi connectivity index (χ0v) is 12.0. The van der Waals surface area contributed by atoms with Crippen LogP contribution < -0.4 is 0 Å². The second kappa shape index (κ2) is 5.39. The molecule has 18 heavy (non-hydrogen) atoms. The van der Waals surface area contributed by atoms with Crippen LogP contribution in [0.1, 0.15) is 22.8 Å². The summed E-state index contributed by atoms with van der Waals surface area (Å²) in [5.41, 5.74) is 1.58. The molecule has 0 saturated carbocycles. The van der Waals surface area contributed by atoms with E-state index in [1.54, 1.807) is 37.3 Å². The maximum Gasteiger partial charge on any atom is 0.126 e. The van der Waals surface area contributed by atoms with Gasteiger partial charge in [0.05, 0.1) is 0 Å². The first-order valence-corrected chi connectivity index (χ1v) is 6.55. The SMILES string of the molecule is Cc1ccc(C(O)c2cc(Br)ccc2Cl)cc1F. The van der Waals surface area contributed by atoms with Crippen LogP contribution in [-0.4, -0.2) is 5.11 Å². The molecule has 2 aromatic rings. The fraction of sp³-hybridized carbons (Fsp3) is 0.143. The molecule has 1 unspecified atom stereocenters. The van der Waals surface area contributed by atoms with Crippen LogP contribution in [-0.2, 0) is 0 Å². The molecule has 0 radical (unpaired) electrons. The van der Waals surface area contributed by atoms with Crippen molar-refractivity contribution < 1.29 is 9.50 Å². The Morgan fingerprint density at radius 1 is 1.22 bits per heavy atom. The van der Waals surface area contributed by atoms with Crippen molar-refractivity contribution in [1.29, 1.82) is 0 Å². The quantitative estimate of drug-likeness (QED) is 0.851. The van der Waals surface area contributed by atoms with Crippen LogP contribution in [0.4, 0.5) is 4.39 Å². The van der Waals surface area contributed by atoms with Crippen molar-refractivity contribution in [3.8, 4) is 0 Å². The fourth-order valence-corrected chi connectivity index (χ4v) is 2.28. The summed E-state index contributed by atoms with van der Waals surface area (Å²) in [6.07, 6.45) is -0.940. The molecule has 0 amide bonds. The molecule has 0 bridgehead atoms. The normalized spacial score (nSPS) is 12.5. The number of halogens is 3. The minimum Gasteiger partial charge on any atom is -0.384 e. The third kappa shape index (κ3) is 2.74. The zero-order valence-electron chi connectivity index (χ0n) is 9.62. The van der Waals surface area contributed by atoms with Crippen LogP contribution in [0.3, 0.4) is 0 Å². The second-order valence-corrected chi connectivity index (χ2v) is 5.40. The van der Waals surface area contributed by atoms with Gasteiger partial charge in [0.15, 0.2) is 0 Å². The van der Waals surface area contributed by atoms with E-state index in [1.807, 2.05) is 0 Å². The lowest BCUT2D eigenvalue weighted by atomic mass is 10.0. The summed E-state index contributed by atoms with van der Waals surface area (Å²) in [6, 6.07) is 9.87. The molecule has 0 heterocycles. The number of rotatable bonds is 2. The van der Waals surface area contributed by atoms with E-state index in [9.17, 15) is 9.50 Å². The highest BCUT2D eigenvalue weighted by molar-refractivity contribution is 9.10. The standard InChI is InChI=1S/C14H11BrClFO/c1-8-2-3-9(6-13(8)17)14(18)11-7-10(15)4-5-12(11)16/h2-7,14,18H,1H3. The first-order valence-electron chi connectivity index (χ1n) is 5.38. The molecule has 0 aliphatic heterocycles. The van der Waals surface area contributed by atoms with E-state index < -0.39 is 6.10 Å². The zero-order chi connectivity index (χ0) is 13.3. The third-order valence-corrected chi connectivity index (χ3v) is 3.60. The highest BCUT2D eigenvalue weighted by atomic mass is 79.9. The first-order chi connectivity index (χ1) is 8.49. The van der Waals surface area contributed by atoms with Crippen LogP contribution in [0, 0.1) is 12.7 Å². The number of benzene rings is 2.